The summed E-state index contributed by atoms with van der Waals surface area (Å²) in [5.41, 5.74) is 2.17. The summed E-state index contributed by atoms with van der Waals surface area (Å²) >= 11 is 1.67. The Kier molecular flexibility index (Phi) is 5.89. The molecule has 27 heavy (non-hydrogen) atoms. The summed E-state index contributed by atoms with van der Waals surface area (Å²) in [4.78, 5) is 11.0. The van der Waals surface area contributed by atoms with E-state index in [1.807, 2.05) is 27.1 Å². The minimum Gasteiger partial charge on any atom is -0.486 e. The summed E-state index contributed by atoms with van der Waals surface area (Å²) in [5, 5.41) is 6.67. The number of benzene rings is 1. The number of hydrogen-bond donors (Lipinski definition) is 1. The molecule has 146 valence electrons. The highest BCUT2D eigenvalue weighted by Gasteiger charge is 2.24. The van der Waals surface area contributed by atoms with Crippen molar-refractivity contribution in [2.45, 2.75) is 32.7 Å². The molecule has 0 saturated heterocycles. The first-order chi connectivity index (χ1) is 12.9. The van der Waals surface area contributed by atoms with Crippen LogP contribution in [0.25, 0.3) is 0 Å². The maximum Gasteiger partial charge on any atom is 0.193 e. The third kappa shape index (κ3) is 4.71. The Balaban J connectivity index is 1.64. The molecule has 1 aliphatic heterocycles. The number of nitrogens with zero attached hydrogens (tertiary/aromatic N) is 3. The molecule has 1 aromatic carbocycles. The van der Waals surface area contributed by atoms with Crippen molar-refractivity contribution >= 4 is 17.3 Å². The Morgan fingerprint density at radius 1 is 1.30 bits per heavy atom. The average molecular weight is 389 g/mol. The van der Waals surface area contributed by atoms with Crippen molar-refractivity contribution in [1.29, 1.82) is 0 Å². The molecule has 7 heteroatoms. The highest BCUT2D eigenvalue weighted by Crippen LogP contribution is 2.34. The minimum atomic E-state index is -0.0934. The molecular formula is C20H28N4O2S. The van der Waals surface area contributed by atoms with Gasteiger partial charge in [-0.1, -0.05) is 19.9 Å². The van der Waals surface area contributed by atoms with Gasteiger partial charge in [0.1, 0.15) is 13.2 Å². The van der Waals surface area contributed by atoms with Crippen molar-refractivity contribution in [2.24, 2.45) is 4.99 Å². The molecule has 6 nitrogen and oxygen atoms in total. The number of rotatable bonds is 5. The van der Waals surface area contributed by atoms with Crippen molar-refractivity contribution in [2.75, 3.05) is 33.9 Å². The molecule has 0 fully saturated rings. The minimum absolute atomic E-state index is 0.0934. The van der Waals surface area contributed by atoms with Crippen molar-refractivity contribution in [3.05, 3.63) is 39.8 Å². The van der Waals surface area contributed by atoms with Crippen molar-refractivity contribution in [3.8, 4) is 11.5 Å². The van der Waals surface area contributed by atoms with Gasteiger partial charge in [0.05, 0.1) is 17.2 Å². The van der Waals surface area contributed by atoms with Crippen molar-refractivity contribution in [3.63, 3.8) is 0 Å². The summed E-state index contributed by atoms with van der Waals surface area (Å²) in [6, 6.07) is 6.19. The third-order valence-corrected chi connectivity index (χ3v) is 5.47. The van der Waals surface area contributed by atoms with E-state index < -0.39 is 0 Å². The van der Waals surface area contributed by atoms with Gasteiger partial charge in [0.15, 0.2) is 17.5 Å². The number of aliphatic imine (C=N–C) groups is 1. The van der Waals surface area contributed by atoms with Gasteiger partial charge in [-0.2, -0.15) is 0 Å². The van der Waals surface area contributed by atoms with Crippen LogP contribution in [0, 0.1) is 6.92 Å². The predicted octanol–water partition coefficient (Wildman–Crippen LogP) is 3.21. The van der Waals surface area contributed by atoms with Gasteiger partial charge in [0.2, 0.25) is 0 Å². The maximum atomic E-state index is 5.73. The summed E-state index contributed by atoms with van der Waals surface area (Å²) < 4.78 is 11.4. The monoisotopic (exact) mass is 388 g/mol. The van der Waals surface area contributed by atoms with Crippen LogP contribution in [0.1, 0.15) is 30.1 Å². The lowest BCUT2D eigenvalue weighted by Crippen LogP contribution is -2.44. The molecular weight excluding hydrogens is 360 g/mol. The Morgan fingerprint density at radius 3 is 2.70 bits per heavy atom. The standard InChI is InChI=1S/C20H28N4O2S/c1-14-23-16(12-27-14)11-24(5)19(21-4)22-13-20(2,3)15-6-7-17-18(10-15)26-9-8-25-17/h6-7,10,12H,8-9,11,13H2,1-5H3,(H,21,22). The van der Waals surface area contributed by atoms with E-state index in [9.17, 15) is 0 Å². The summed E-state index contributed by atoms with van der Waals surface area (Å²) in [7, 11) is 3.84. The Hall–Kier alpha value is -2.28. The lowest BCUT2D eigenvalue weighted by atomic mass is 9.84. The second kappa shape index (κ2) is 8.17. The third-order valence-electron chi connectivity index (χ3n) is 4.65. The van der Waals surface area contributed by atoms with Crippen LogP contribution in [0.15, 0.2) is 28.6 Å². The highest BCUT2D eigenvalue weighted by molar-refractivity contribution is 7.09. The molecule has 1 N–H and O–H groups in total. The van der Waals surface area contributed by atoms with Crippen LogP contribution < -0.4 is 14.8 Å². The van der Waals surface area contributed by atoms with Gasteiger partial charge >= 0.3 is 0 Å². The van der Waals surface area contributed by atoms with Crippen LogP contribution in [0.2, 0.25) is 0 Å². The van der Waals surface area contributed by atoms with Crippen LogP contribution in [0.5, 0.6) is 11.5 Å². The number of aryl methyl sites for hydroxylation is 1. The number of nitrogens with one attached hydrogen (secondary N) is 1. The van der Waals surface area contributed by atoms with Gasteiger partial charge in [-0.25, -0.2) is 4.98 Å². The molecule has 0 atom stereocenters. The first-order valence-corrected chi connectivity index (χ1v) is 10.00. The fourth-order valence-corrected chi connectivity index (χ4v) is 3.65. The van der Waals surface area contributed by atoms with Crippen molar-refractivity contribution in [1.82, 2.24) is 15.2 Å². The lowest BCUT2D eigenvalue weighted by Gasteiger charge is -2.30. The molecule has 3 rings (SSSR count). The fraction of sp³-hybridized carbons (Fsp3) is 0.500. The quantitative estimate of drug-likeness (QED) is 0.630. The Bertz CT molecular complexity index is 816. The summed E-state index contributed by atoms with van der Waals surface area (Å²) in [6.07, 6.45) is 0. The molecule has 2 heterocycles. The van der Waals surface area contributed by atoms with E-state index in [4.69, 9.17) is 9.47 Å². The second-order valence-corrected chi connectivity index (χ2v) is 8.42. The first kappa shape index (κ1) is 19.5. The molecule has 0 spiro atoms. The first-order valence-electron chi connectivity index (χ1n) is 9.12. The summed E-state index contributed by atoms with van der Waals surface area (Å²) in [5.74, 6) is 2.50. The van der Waals surface area contributed by atoms with Crippen LogP contribution in [-0.2, 0) is 12.0 Å². The molecule has 2 aromatic rings. The maximum absolute atomic E-state index is 5.73. The van der Waals surface area contributed by atoms with E-state index >= 15 is 0 Å². The van der Waals surface area contributed by atoms with Gasteiger partial charge in [0, 0.05) is 31.4 Å². The largest absolute Gasteiger partial charge is 0.486 e. The molecule has 1 aromatic heterocycles. The zero-order chi connectivity index (χ0) is 19.4. The van der Waals surface area contributed by atoms with Gasteiger partial charge in [-0.15, -0.1) is 11.3 Å². The number of thiazole rings is 1. The molecule has 0 unspecified atom stereocenters. The number of fused-ring (bicyclic) bond motifs is 1. The molecule has 0 saturated carbocycles. The summed E-state index contributed by atoms with van der Waals surface area (Å²) in [6.45, 7) is 9.14. The number of aromatic nitrogens is 1. The van der Waals surface area contributed by atoms with Gasteiger partial charge in [-0.05, 0) is 24.6 Å². The number of guanidine groups is 1. The lowest BCUT2D eigenvalue weighted by molar-refractivity contribution is 0.171. The fourth-order valence-electron chi connectivity index (χ4n) is 3.05. The second-order valence-electron chi connectivity index (χ2n) is 7.36. The van der Waals surface area contributed by atoms with E-state index in [2.05, 4.69) is 51.6 Å². The van der Waals surface area contributed by atoms with E-state index in [0.29, 0.717) is 13.2 Å². The molecule has 0 amide bonds. The van der Waals surface area contributed by atoms with E-state index in [-0.39, 0.29) is 5.41 Å². The van der Waals surface area contributed by atoms with Gasteiger partial charge in [0.25, 0.3) is 0 Å². The van der Waals surface area contributed by atoms with Crippen LogP contribution in [-0.4, -0.2) is 49.7 Å². The zero-order valence-electron chi connectivity index (χ0n) is 16.7. The van der Waals surface area contributed by atoms with Crippen LogP contribution >= 0.6 is 11.3 Å². The average Bonchev–Trinajstić information content (AvgIpc) is 3.06. The number of ether oxygens (including phenoxy) is 2. The predicted molar refractivity (Wildman–Crippen MR) is 110 cm³/mol. The SMILES string of the molecule is CN=C(NCC(C)(C)c1ccc2c(c1)OCCO2)N(C)Cc1csc(C)n1. The highest BCUT2D eigenvalue weighted by atomic mass is 32.1. The van der Waals surface area contributed by atoms with Crippen LogP contribution in [0.3, 0.4) is 0 Å². The topological polar surface area (TPSA) is 59.0 Å². The molecule has 0 radical (unpaired) electrons. The van der Waals surface area contributed by atoms with Gasteiger partial charge in [-0.3, -0.25) is 4.99 Å². The van der Waals surface area contributed by atoms with E-state index in [0.717, 1.165) is 41.2 Å². The smallest absolute Gasteiger partial charge is 0.193 e. The molecule has 1 aliphatic rings. The van der Waals surface area contributed by atoms with Crippen molar-refractivity contribution < 1.29 is 9.47 Å². The zero-order valence-corrected chi connectivity index (χ0v) is 17.5. The number of hydrogen-bond acceptors (Lipinski definition) is 5. The normalized spacial score (nSPS) is 14.2. The van der Waals surface area contributed by atoms with Crippen LogP contribution in [0.4, 0.5) is 0 Å². The Labute approximate surface area is 165 Å². The Morgan fingerprint density at radius 2 is 2.04 bits per heavy atom. The van der Waals surface area contributed by atoms with Gasteiger partial charge < -0.3 is 19.7 Å². The van der Waals surface area contributed by atoms with E-state index in [1.54, 1.807) is 11.3 Å². The molecule has 0 aliphatic carbocycles. The van der Waals surface area contributed by atoms with E-state index in [1.165, 1.54) is 5.56 Å². The molecule has 0 bridgehead atoms.